The first-order chi connectivity index (χ1) is 14.1. The van der Waals surface area contributed by atoms with Gasteiger partial charge in [-0.25, -0.2) is 4.98 Å². The van der Waals surface area contributed by atoms with E-state index >= 15 is 0 Å². The predicted molar refractivity (Wildman–Crippen MR) is 112 cm³/mol. The van der Waals surface area contributed by atoms with Crippen LogP contribution in [0.5, 0.6) is 0 Å². The molecule has 0 saturated heterocycles. The lowest BCUT2D eigenvalue weighted by Crippen LogP contribution is -2.26. The minimum Gasteiger partial charge on any atom is -0.441 e. The highest BCUT2D eigenvalue weighted by atomic mass is 16.3. The number of carbonyl (C=O) groups is 1. The van der Waals surface area contributed by atoms with Crippen LogP contribution in [0.1, 0.15) is 39.6 Å². The maximum absolute atomic E-state index is 12.8. The number of carbonyl (C=O) groups excluding carboxylic acids is 1. The maximum atomic E-state index is 12.8. The van der Waals surface area contributed by atoms with E-state index in [1.54, 1.807) is 24.1 Å². The average Bonchev–Trinajstić information content (AvgIpc) is 3.32. The molecule has 1 N–H and O–H groups in total. The predicted octanol–water partition coefficient (Wildman–Crippen LogP) is 4.31. The molecule has 0 radical (unpaired) electrons. The first-order valence-electron chi connectivity index (χ1n) is 9.78. The van der Waals surface area contributed by atoms with E-state index < -0.39 is 0 Å². The summed E-state index contributed by atoms with van der Waals surface area (Å²) in [7, 11) is 1.77. The lowest BCUT2D eigenvalue weighted by Gasteiger charge is -2.15. The fraction of sp³-hybridized carbons (Fsp3) is 0.261. The molecular weight excluding hydrogens is 364 g/mol. The molecule has 0 aliphatic rings. The molecule has 4 aromatic rings. The molecular formula is C23H24N4O2. The Morgan fingerprint density at radius 1 is 1.10 bits per heavy atom. The summed E-state index contributed by atoms with van der Waals surface area (Å²) in [6, 6.07) is 17.7. The topological polar surface area (TPSA) is 75.0 Å². The molecule has 0 unspecified atom stereocenters. The van der Waals surface area contributed by atoms with Gasteiger partial charge in [-0.05, 0) is 49.6 Å². The van der Waals surface area contributed by atoms with Crippen LogP contribution in [0.3, 0.4) is 0 Å². The standard InChI is InChI=1S/C23H24N4O2/c1-16-13-19(26-25-16)15-27(2)23(28)18-11-12-21-20(14-18)24-22(29-21)10-6-9-17-7-4-3-5-8-17/h3-5,7-8,11-14H,6,9-10,15H2,1-2H3,(H,25,26). The molecule has 2 aromatic carbocycles. The highest BCUT2D eigenvalue weighted by Gasteiger charge is 2.15. The highest BCUT2D eigenvalue weighted by molar-refractivity contribution is 5.96. The molecule has 0 saturated carbocycles. The largest absolute Gasteiger partial charge is 0.441 e. The number of nitrogens with zero attached hydrogens (tertiary/aromatic N) is 3. The zero-order valence-corrected chi connectivity index (χ0v) is 16.7. The number of H-pyrrole nitrogens is 1. The van der Waals surface area contributed by atoms with Crippen molar-refractivity contribution >= 4 is 17.0 Å². The third kappa shape index (κ3) is 4.54. The van der Waals surface area contributed by atoms with E-state index in [1.165, 1.54) is 5.56 Å². The lowest BCUT2D eigenvalue weighted by molar-refractivity contribution is 0.0783. The molecule has 0 aliphatic heterocycles. The van der Waals surface area contributed by atoms with Crippen LogP contribution in [-0.4, -0.2) is 33.0 Å². The quantitative estimate of drug-likeness (QED) is 0.512. The van der Waals surface area contributed by atoms with Crippen molar-refractivity contribution in [1.29, 1.82) is 0 Å². The van der Waals surface area contributed by atoms with Crippen LogP contribution in [0, 0.1) is 6.92 Å². The molecule has 0 aliphatic carbocycles. The van der Waals surface area contributed by atoms with Crippen LogP contribution in [0.2, 0.25) is 0 Å². The Bertz CT molecular complexity index is 1110. The van der Waals surface area contributed by atoms with Gasteiger partial charge in [0.25, 0.3) is 5.91 Å². The monoisotopic (exact) mass is 388 g/mol. The fourth-order valence-corrected chi connectivity index (χ4v) is 3.39. The number of oxazole rings is 1. The van der Waals surface area contributed by atoms with E-state index in [4.69, 9.17) is 4.42 Å². The van der Waals surface area contributed by atoms with Gasteiger partial charge in [0.05, 0.1) is 12.2 Å². The first kappa shape index (κ1) is 18.9. The Morgan fingerprint density at radius 2 is 1.93 bits per heavy atom. The van der Waals surface area contributed by atoms with Gasteiger partial charge in [0, 0.05) is 24.7 Å². The van der Waals surface area contributed by atoms with Crippen molar-refractivity contribution in [3.63, 3.8) is 0 Å². The van der Waals surface area contributed by atoms with Gasteiger partial charge >= 0.3 is 0 Å². The molecule has 0 fully saturated rings. The average molecular weight is 388 g/mol. The maximum Gasteiger partial charge on any atom is 0.254 e. The molecule has 148 valence electrons. The van der Waals surface area contributed by atoms with Crippen molar-refractivity contribution in [3.8, 4) is 0 Å². The van der Waals surface area contributed by atoms with Crippen LogP contribution in [0.15, 0.2) is 59.0 Å². The SMILES string of the molecule is Cc1cc(CN(C)C(=O)c2ccc3oc(CCCc4ccccc4)nc3c2)n[nH]1. The van der Waals surface area contributed by atoms with Gasteiger partial charge in [-0.2, -0.15) is 5.10 Å². The number of aromatic nitrogens is 3. The first-order valence-corrected chi connectivity index (χ1v) is 9.78. The van der Waals surface area contributed by atoms with Crippen molar-refractivity contribution in [2.24, 2.45) is 0 Å². The van der Waals surface area contributed by atoms with Crippen LogP contribution in [0.4, 0.5) is 0 Å². The number of amides is 1. The number of fused-ring (bicyclic) bond motifs is 1. The van der Waals surface area contributed by atoms with Gasteiger partial charge in [0.2, 0.25) is 0 Å². The van der Waals surface area contributed by atoms with Crippen molar-refractivity contribution in [2.75, 3.05) is 7.05 Å². The minimum absolute atomic E-state index is 0.0684. The van der Waals surface area contributed by atoms with Gasteiger partial charge in [0.1, 0.15) is 5.52 Å². The second-order valence-electron chi connectivity index (χ2n) is 7.33. The van der Waals surface area contributed by atoms with E-state index in [1.807, 2.05) is 25.1 Å². The van der Waals surface area contributed by atoms with Crippen LogP contribution >= 0.6 is 0 Å². The number of hydrogen-bond donors (Lipinski definition) is 1. The third-order valence-corrected chi connectivity index (χ3v) is 4.88. The van der Waals surface area contributed by atoms with Crippen LogP contribution in [0.25, 0.3) is 11.1 Å². The number of aryl methyl sites for hydroxylation is 3. The minimum atomic E-state index is -0.0684. The summed E-state index contributed by atoms with van der Waals surface area (Å²) < 4.78 is 5.85. The van der Waals surface area contributed by atoms with E-state index in [0.29, 0.717) is 23.6 Å². The summed E-state index contributed by atoms with van der Waals surface area (Å²) in [4.78, 5) is 19.0. The molecule has 29 heavy (non-hydrogen) atoms. The summed E-state index contributed by atoms with van der Waals surface area (Å²) in [5.41, 5.74) is 5.14. The Balaban J connectivity index is 1.41. The van der Waals surface area contributed by atoms with Gasteiger partial charge in [-0.1, -0.05) is 30.3 Å². The van der Waals surface area contributed by atoms with Gasteiger partial charge in [-0.3, -0.25) is 9.89 Å². The summed E-state index contributed by atoms with van der Waals surface area (Å²) in [6.07, 6.45) is 2.72. The number of hydrogen-bond acceptors (Lipinski definition) is 4. The van der Waals surface area contributed by atoms with E-state index in [2.05, 4.69) is 39.4 Å². The number of rotatable bonds is 7. The zero-order valence-electron chi connectivity index (χ0n) is 16.7. The molecule has 2 heterocycles. The smallest absolute Gasteiger partial charge is 0.254 e. The summed E-state index contributed by atoms with van der Waals surface area (Å²) in [6.45, 7) is 2.39. The second kappa shape index (κ2) is 8.31. The summed E-state index contributed by atoms with van der Waals surface area (Å²) >= 11 is 0. The van der Waals surface area contributed by atoms with Gasteiger partial charge < -0.3 is 9.32 Å². The third-order valence-electron chi connectivity index (χ3n) is 4.88. The van der Waals surface area contributed by atoms with Gasteiger partial charge in [0.15, 0.2) is 11.5 Å². The van der Waals surface area contributed by atoms with Crippen LogP contribution in [-0.2, 0) is 19.4 Å². The fourth-order valence-electron chi connectivity index (χ4n) is 3.39. The van der Waals surface area contributed by atoms with Crippen molar-refractivity contribution in [3.05, 3.63) is 83.0 Å². The summed E-state index contributed by atoms with van der Waals surface area (Å²) in [5, 5.41) is 7.09. The lowest BCUT2D eigenvalue weighted by atomic mass is 10.1. The zero-order chi connectivity index (χ0) is 20.2. The van der Waals surface area contributed by atoms with Gasteiger partial charge in [-0.15, -0.1) is 0 Å². The van der Waals surface area contributed by atoms with Crippen molar-refractivity contribution in [2.45, 2.75) is 32.7 Å². The van der Waals surface area contributed by atoms with E-state index in [0.717, 1.165) is 36.2 Å². The van der Waals surface area contributed by atoms with E-state index in [9.17, 15) is 4.79 Å². The molecule has 0 bridgehead atoms. The normalized spacial score (nSPS) is 11.1. The molecule has 1 amide bonds. The Morgan fingerprint density at radius 3 is 2.69 bits per heavy atom. The molecule has 6 heteroatoms. The number of nitrogens with one attached hydrogen (secondary N) is 1. The Kier molecular flexibility index (Phi) is 5.42. The Hall–Kier alpha value is -3.41. The van der Waals surface area contributed by atoms with E-state index in [-0.39, 0.29) is 5.91 Å². The van der Waals surface area contributed by atoms with Crippen molar-refractivity contribution in [1.82, 2.24) is 20.1 Å². The molecule has 0 atom stereocenters. The molecule has 0 spiro atoms. The number of benzene rings is 2. The molecule has 2 aromatic heterocycles. The van der Waals surface area contributed by atoms with Crippen LogP contribution < -0.4 is 0 Å². The summed E-state index contributed by atoms with van der Waals surface area (Å²) in [5.74, 6) is 0.641. The number of aromatic amines is 1. The Labute approximate surface area is 169 Å². The second-order valence-corrected chi connectivity index (χ2v) is 7.33. The van der Waals surface area contributed by atoms with Crippen molar-refractivity contribution < 1.29 is 9.21 Å². The highest BCUT2D eigenvalue weighted by Crippen LogP contribution is 2.20. The molecule has 4 rings (SSSR count). The molecule has 6 nitrogen and oxygen atoms in total.